The Morgan fingerprint density at radius 1 is 0.632 bits per heavy atom. The molecule has 0 saturated heterocycles. The molecule has 9 aromatic rings. The highest BCUT2D eigenvalue weighted by molar-refractivity contribution is 7.86. The summed E-state index contributed by atoms with van der Waals surface area (Å²) in [5.41, 5.74) is 2.54. The van der Waals surface area contributed by atoms with E-state index in [1.165, 1.54) is 6.07 Å². The topological polar surface area (TPSA) is 102 Å². The number of hydrogen-bond donors (Lipinski definition) is 1. The van der Waals surface area contributed by atoms with E-state index < -0.39 is 10.1 Å². The molecule has 9 nitrogen and oxygen atoms in total. The standard InChI is InChI=1S/C47H34N2O7S/c50-57(51,52)45-21-20-42(37-17-7-8-18-38(37)45)54-25-23-49-40-27-33-12-2-4-14-35(33)29-44(40)56-47(49)30-46-48(39-26-32-11-1-3-13-34(32)28-43(39)55-46)22-24-53-41-19-9-15-31-10-5-6-16-36(31)41/h1-21,26-30H,22-25H2/p+1. The van der Waals surface area contributed by atoms with Gasteiger partial charge in [0.1, 0.15) is 35.7 Å². The Labute approximate surface area is 327 Å². The van der Waals surface area contributed by atoms with Crippen LogP contribution in [0, 0.1) is 0 Å². The Morgan fingerprint density at radius 3 is 2.02 bits per heavy atom. The Bertz CT molecular complexity index is 3170. The maximum absolute atomic E-state index is 12.1. The monoisotopic (exact) mass is 771 g/mol. The van der Waals surface area contributed by atoms with Crippen molar-refractivity contribution in [3.63, 3.8) is 0 Å². The van der Waals surface area contributed by atoms with Gasteiger partial charge in [0.15, 0.2) is 12.3 Å². The number of oxazole rings is 1. The van der Waals surface area contributed by atoms with Gasteiger partial charge in [-0.2, -0.15) is 13.0 Å². The number of fused-ring (bicyclic) bond motifs is 6. The van der Waals surface area contributed by atoms with Crippen molar-refractivity contribution in [2.45, 2.75) is 11.4 Å². The number of ether oxygens (including phenoxy) is 3. The smallest absolute Gasteiger partial charge is 0.379 e. The van der Waals surface area contributed by atoms with Gasteiger partial charge in [-0.3, -0.25) is 4.55 Å². The second-order valence-corrected chi connectivity index (χ2v) is 15.3. The maximum atomic E-state index is 12.1. The number of benzene rings is 8. The fourth-order valence-corrected chi connectivity index (χ4v) is 8.46. The molecule has 1 aliphatic rings. The first-order valence-electron chi connectivity index (χ1n) is 18.6. The third-order valence-corrected chi connectivity index (χ3v) is 11.4. The summed E-state index contributed by atoms with van der Waals surface area (Å²) in [5, 5.41) is 7.42. The van der Waals surface area contributed by atoms with Crippen LogP contribution in [-0.4, -0.2) is 32.7 Å². The molecule has 0 amide bonds. The SMILES string of the molecule is O=S(=O)(O)c1ccc(OCCN2C(=Cc3oc4cc5ccccc5cc4[n+]3CCOc3cccc4ccccc34)Oc3cc4ccccc4cc32)c2ccccc12. The van der Waals surface area contributed by atoms with E-state index in [0.29, 0.717) is 53.7 Å². The summed E-state index contributed by atoms with van der Waals surface area (Å²) in [7, 11) is -4.43. The molecule has 0 radical (unpaired) electrons. The maximum Gasteiger partial charge on any atom is 0.379 e. The normalized spacial score (nSPS) is 13.6. The number of anilines is 1. The third-order valence-electron chi connectivity index (χ3n) is 10.5. The zero-order valence-electron chi connectivity index (χ0n) is 30.5. The Hall–Kier alpha value is -6.88. The van der Waals surface area contributed by atoms with Crippen LogP contribution in [0.3, 0.4) is 0 Å². The molecule has 0 saturated carbocycles. The summed E-state index contributed by atoms with van der Waals surface area (Å²) in [6, 6.07) is 48.9. The van der Waals surface area contributed by atoms with Gasteiger partial charge in [0.05, 0.1) is 12.2 Å². The molecule has 280 valence electrons. The molecular weight excluding hydrogens is 737 g/mol. The number of nitrogens with zero attached hydrogens (tertiary/aromatic N) is 2. The van der Waals surface area contributed by atoms with E-state index in [1.54, 1.807) is 30.3 Å². The summed E-state index contributed by atoms with van der Waals surface area (Å²) in [4.78, 5) is 1.90. The fraction of sp³-hybridized carbons (Fsp3) is 0.0851. The van der Waals surface area contributed by atoms with E-state index in [1.807, 2.05) is 60.7 Å². The largest absolute Gasteiger partial charge is 0.491 e. The van der Waals surface area contributed by atoms with Crippen LogP contribution in [0.4, 0.5) is 5.69 Å². The van der Waals surface area contributed by atoms with Crippen molar-refractivity contribution in [3.05, 3.63) is 163 Å². The van der Waals surface area contributed by atoms with Gasteiger partial charge >= 0.3 is 5.89 Å². The van der Waals surface area contributed by atoms with Gasteiger partial charge in [-0.05, 0) is 63.3 Å². The lowest BCUT2D eigenvalue weighted by Crippen LogP contribution is -2.38. The van der Waals surface area contributed by atoms with Crippen LogP contribution in [0.15, 0.2) is 167 Å². The highest BCUT2D eigenvalue weighted by atomic mass is 32.2. The van der Waals surface area contributed by atoms with Crippen LogP contribution < -0.4 is 23.7 Å². The average molecular weight is 772 g/mol. The predicted octanol–water partition coefficient (Wildman–Crippen LogP) is 9.94. The van der Waals surface area contributed by atoms with Gasteiger partial charge in [-0.25, -0.2) is 0 Å². The van der Waals surface area contributed by atoms with Gasteiger partial charge in [-0.1, -0.05) is 109 Å². The fourth-order valence-electron chi connectivity index (χ4n) is 7.76. The third kappa shape index (κ3) is 6.44. The molecule has 8 aromatic carbocycles. The zero-order chi connectivity index (χ0) is 38.5. The van der Waals surface area contributed by atoms with Crippen LogP contribution in [0.5, 0.6) is 17.2 Å². The lowest BCUT2D eigenvalue weighted by Gasteiger charge is -2.19. The van der Waals surface area contributed by atoms with Crippen LogP contribution in [0.2, 0.25) is 0 Å². The molecular formula is C47H35N2O7S+. The number of hydrogen-bond acceptors (Lipinski definition) is 7. The Kier molecular flexibility index (Phi) is 8.50. The summed E-state index contributed by atoms with van der Waals surface area (Å²) >= 11 is 0. The minimum absolute atomic E-state index is 0.168. The van der Waals surface area contributed by atoms with E-state index in [4.69, 9.17) is 18.6 Å². The minimum atomic E-state index is -4.43. The first-order chi connectivity index (χ1) is 27.9. The summed E-state index contributed by atoms with van der Waals surface area (Å²) < 4.78 is 62.3. The molecule has 1 N–H and O–H groups in total. The van der Waals surface area contributed by atoms with E-state index in [9.17, 15) is 13.0 Å². The molecule has 1 aliphatic heterocycles. The minimum Gasteiger partial charge on any atom is -0.491 e. The molecule has 10 rings (SSSR count). The average Bonchev–Trinajstić information content (AvgIpc) is 3.73. The van der Waals surface area contributed by atoms with E-state index in [0.717, 1.165) is 54.9 Å². The molecule has 2 heterocycles. The molecule has 1 aromatic heterocycles. The molecule has 0 atom stereocenters. The van der Waals surface area contributed by atoms with E-state index in [2.05, 4.69) is 70.1 Å². The molecule has 0 fully saturated rings. The molecule has 0 spiro atoms. The lowest BCUT2D eigenvalue weighted by atomic mass is 10.1. The van der Waals surface area contributed by atoms with Crippen LogP contribution in [-0.2, 0) is 16.7 Å². The van der Waals surface area contributed by atoms with Crippen molar-refractivity contribution in [2.75, 3.05) is 24.7 Å². The van der Waals surface area contributed by atoms with Gasteiger partial charge < -0.3 is 23.5 Å². The number of rotatable bonds is 10. The molecule has 10 heteroatoms. The summed E-state index contributed by atoms with van der Waals surface area (Å²) in [5.74, 6) is 3.17. The van der Waals surface area contributed by atoms with Crippen molar-refractivity contribution in [1.82, 2.24) is 0 Å². The summed E-state index contributed by atoms with van der Waals surface area (Å²) in [6.07, 6.45) is 1.92. The van der Waals surface area contributed by atoms with Crippen LogP contribution in [0.1, 0.15) is 5.89 Å². The second kappa shape index (κ2) is 14.0. The van der Waals surface area contributed by atoms with E-state index in [-0.39, 0.29) is 11.5 Å². The van der Waals surface area contributed by atoms with Crippen molar-refractivity contribution < 1.29 is 36.2 Å². The Morgan fingerprint density at radius 2 is 1.25 bits per heavy atom. The van der Waals surface area contributed by atoms with Crippen LogP contribution in [0.25, 0.3) is 60.3 Å². The Balaban J connectivity index is 1.02. The molecule has 0 aliphatic carbocycles. The number of aromatic nitrogens is 1. The van der Waals surface area contributed by atoms with Gasteiger partial charge in [0.25, 0.3) is 15.6 Å². The quantitative estimate of drug-likeness (QED) is 0.108. The predicted molar refractivity (Wildman–Crippen MR) is 223 cm³/mol. The van der Waals surface area contributed by atoms with Gasteiger partial charge in [0.2, 0.25) is 11.5 Å². The first kappa shape index (κ1) is 34.6. The van der Waals surface area contributed by atoms with Crippen molar-refractivity contribution in [2.24, 2.45) is 0 Å². The van der Waals surface area contributed by atoms with Crippen molar-refractivity contribution in [1.29, 1.82) is 0 Å². The highest BCUT2D eigenvalue weighted by Crippen LogP contribution is 2.42. The van der Waals surface area contributed by atoms with E-state index >= 15 is 0 Å². The van der Waals surface area contributed by atoms with Gasteiger partial charge in [0, 0.05) is 22.2 Å². The zero-order valence-corrected chi connectivity index (χ0v) is 31.4. The molecule has 0 unspecified atom stereocenters. The second-order valence-electron chi connectivity index (χ2n) is 13.9. The summed E-state index contributed by atoms with van der Waals surface area (Å²) in [6.45, 7) is 1.51. The lowest BCUT2D eigenvalue weighted by molar-refractivity contribution is -0.678. The van der Waals surface area contributed by atoms with Crippen molar-refractivity contribution in [3.8, 4) is 17.2 Å². The van der Waals surface area contributed by atoms with Crippen molar-refractivity contribution >= 4 is 76.1 Å². The van der Waals surface area contributed by atoms with Crippen LogP contribution >= 0.6 is 0 Å². The first-order valence-corrected chi connectivity index (χ1v) is 20.1. The molecule has 57 heavy (non-hydrogen) atoms. The molecule has 0 bridgehead atoms. The van der Waals surface area contributed by atoms with Gasteiger partial charge in [-0.15, -0.1) is 0 Å². The highest BCUT2D eigenvalue weighted by Gasteiger charge is 2.31.